The number of nitrogens with zero attached hydrogens (tertiary/aromatic N) is 3. The topological polar surface area (TPSA) is 70.2 Å². The van der Waals surface area contributed by atoms with Crippen LogP contribution in [-0.2, 0) is 6.54 Å². The van der Waals surface area contributed by atoms with Gasteiger partial charge in [-0.3, -0.25) is 0 Å². The molecule has 2 aromatic rings. The summed E-state index contributed by atoms with van der Waals surface area (Å²) in [5.41, 5.74) is 2.03. The summed E-state index contributed by atoms with van der Waals surface area (Å²) in [7, 11) is 0. The van der Waals surface area contributed by atoms with Gasteiger partial charge in [0.05, 0.1) is 0 Å². The molecule has 0 radical (unpaired) electrons. The highest BCUT2D eigenvalue weighted by Gasteiger charge is 2.22. The molecule has 7 heteroatoms. The number of nitrogens with one attached hydrogen (secondary N) is 2. The van der Waals surface area contributed by atoms with Gasteiger partial charge in [-0.05, 0) is 43.0 Å². The molecule has 2 amide bonds. The minimum atomic E-state index is -0.159. The summed E-state index contributed by atoms with van der Waals surface area (Å²) in [5, 5.41) is 6.68. The van der Waals surface area contributed by atoms with Gasteiger partial charge in [0, 0.05) is 43.1 Å². The lowest BCUT2D eigenvalue weighted by Gasteiger charge is -2.33. The second-order valence-electron chi connectivity index (χ2n) is 6.24. The van der Waals surface area contributed by atoms with Crippen molar-refractivity contribution in [2.24, 2.45) is 0 Å². The van der Waals surface area contributed by atoms with Crippen molar-refractivity contribution in [2.75, 3.05) is 18.0 Å². The van der Waals surface area contributed by atoms with Crippen LogP contribution in [0.25, 0.3) is 0 Å². The van der Waals surface area contributed by atoms with E-state index in [4.69, 9.17) is 11.6 Å². The molecule has 1 aromatic heterocycles. The van der Waals surface area contributed by atoms with E-state index in [9.17, 15) is 4.79 Å². The van der Waals surface area contributed by atoms with Crippen molar-refractivity contribution < 1.29 is 4.79 Å². The monoisotopic (exact) mass is 359 g/mol. The summed E-state index contributed by atoms with van der Waals surface area (Å²) in [6.45, 7) is 4.06. The Morgan fingerprint density at radius 2 is 2.16 bits per heavy atom. The van der Waals surface area contributed by atoms with Gasteiger partial charge in [-0.25, -0.2) is 14.8 Å². The van der Waals surface area contributed by atoms with Crippen LogP contribution >= 0.6 is 11.6 Å². The Hall–Kier alpha value is -2.34. The van der Waals surface area contributed by atoms with Crippen molar-refractivity contribution >= 4 is 23.6 Å². The lowest BCUT2D eigenvalue weighted by atomic mass is 10.1. The molecule has 2 N–H and O–H groups in total. The van der Waals surface area contributed by atoms with E-state index in [-0.39, 0.29) is 12.1 Å². The molecule has 0 aliphatic carbocycles. The van der Waals surface area contributed by atoms with Crippen LogP contribution in [0.2, 0.25) is 5.02 Å². The summed E-state index contributed by atoms with van der Waals surface area (Å²) in [6.07, 6.45) is 5.43. The summed E-state index contributed by atoms with van der Waals surface area (Å²) in [4.78, 5) is 22.9. The molecule has 1 aromatic carbocycles. The first-order valence-corrected chi connectivity index (χ1v) is 8.81. The van der Waals surface area contributed by atoms with E-state index in [1.54, 1.807) is 18.5 Å². The van der Waals surface area contributed by atoms with Crippen molar-refractivity contribution in [3.8, 4) is 0 Å². The minimum absolute atomic E-state index is 0.0875. The third-order valence-corrected chi connectivity index (χ3v) is 4.69. The number of halogens is 1. The maximum absolute atomic E-state index is 12.2. The van der Waals surface area contributed by atoms with Crippen molar-refractivity contribution in [1.82, 2.24) is 20.6 Å². The van der Waals surface area contributed by atoms with Crippen molar-refractivity contribution in [3.05, 3.63) is 52.8 Å². The lowest BCUT2D eigenvalue weighted by Crippen LogP contribution is -2.50. The molecule has 1 fully saturated rings. The van der Waals surface area contributed by atoms with E-state index in [1.807, 2.05) is 25.1 Å². The highest BCUT2D eigenvalue weighted by molar-refractivity contribution is 6.31. The Kier molecular flexibility index (Phi) is 5.71. The number of rotatable bonds is 4. The number of aryl methyl sites for hydroxylation is 1. The van der Waals surface area contributed by atoms with Gasteiger partial charge in [-0.1, -0.05) is 23.7 Å². The van der Waals surface area contributed by atoms with Crippen LogP contribution in [0.15, 0.2) is 36.7 Å². The molecule has 1 aliphatic heterocycles. The maximum atomic E-state index is 12.2. The van der Waals surface area contributed by atoms with E-state index in [0.717, 1.165) is 42.1 Å². The smallest absolute Gasteiger partial charge is 0.315 e. The summed E-state index contributed by atoms with van der Waals surface area (Å²) in [6, 6.07) is 7.49. The van der Waals surface area contributed by atoms with E-state index in [0.29, 0.717) is 12.5 Å². The predicted octanol–water partition coefficient (Wildman–Crippen LogP) is 2.91. The van der Waals surface area contributed by atoms with Gasteiger partial charge < -0.3 is 15.5 Å². The van der Waals surface area contributed by atoms with Gasteiger partial charge in [-0.2, -0.15) is 0 Å². The fraction of sp³-hybridized carbons (Fsp3) is 0.389. The van der Waals surface area contributed by atoms with Crippen molar-refractivity contribution in [1.29, 1.82) is 0 Å². The number of hydrogen-bond acceptors (Lipinski definition) is 4. The molecule has 3 rings (SSSR count). The van der Waals surface area contributed by atoms with Gasteiger partial charge in [0.15, 0.2) is 0 Å². The first-order chi connectivity index (χ1) is 12.1. The molecule has 0 spiro atoms. The number of aromatic nitrogens is 2. The molecular weight excluding hydrogens is 338 g/mol. The standard InChI is InChI=1S/C18H22ClN5O/c1-13-10-14(5-6-16(13)19)11-22-18(25)23-15-4-2-9-24(12-15)17-20-7-3-8-21-17/h3,5-8,10,15H,2,4,9,11-12H2,1H3,(H2,22,23,25). The van der Waals surface area contributed by atoms with E-state index in [2.05, 4.69) is 25.5 Å². The average Bonchev–Trinajstić information content (AvgIpc) is 2.64. The molecule has 1 atom stereocenters. The molecule has 1 unspecified atom stereocenters. The Labute approximate surface area is 152 Å². The Morgan fingerprint density at radius 3 is 2.92 bits per heavy atom. The van der Waals surface area contributed by atoms with Gasteiger partial charge in [0.1, 0.15) is 0 Å². The SMILES string of the molecule is Cc1cc(CNC(=O)NC2CCCN(c3ncccn3)C2)ccc1Cl. The number of carbonyl (C=O) groups is 1. The zero-order valence-electron chi connectivity index (χ0n) is 14.2. The molecule has 132 valence electrons. The molecule has 1 saturated heterocycles. The Bertz CT molecular complexity index is 725. The number of carbonyl (C=O) groups excluding carboxylic acids is 1. The second-order valence-corrected chi connectivity index (χ2v) is 6.65. The Balaban J connectivity index is 1.49. The zero-order chi connectivity index (χ0) is 17.6. The van der Waals surface area contributed by atoms with Crippen molar-refractivity contribution in [2.45, 2.75) is 32.4 Å². The molecule has 25 heavy (non-hydrogen) atoms. The van der Waals surface area contributed by atoms with Crippen LogP contribution in [0.5, 0.6) is 0 Å². The van der Waals surface area contributed by atoms with Crippen LogP contribution in [0, 0.1) is 6.92 Å². The van der Waals surface area contributed by atoms with Gasteiger partial charge in [0.25, 0.3) is 0 Å². The quantitative estimate of drug-likeness (QED) is 0.880. The number of amides is 2. The fourth-order valence-corrected chi connectivity index (χ4v) is 3.08. The largest absolute Gasteiger partial charge is 0.339 e. The highest BCUT2D eigenvalue weighted by atomic mass is 35.5. The van der Waals surface area contributed by atoms with Crippen LogP contribution in [0.1, 0.15) is 24.0 Å². The molecule has 0 bridgehead atoms. The fourth-order valence-electron chi connectivity index (χ4n) is 2.97. The van der Waals surface area contributed by atoms with E-state index < -0.39 is 0 Å². The maximum Gasteiger partial charge on any atom is 0.315 e. The number of urea groups is 1. The summed E-state index contributed by atoms with van der Waals surface area (Å²) >= 11 is 6.02. The van der Waals surface area contributed by atoms with E-state index in [1.165, 1.54) is 0 Å². The first kappa shape index (κ1) is 17.5. The Morgan fingerprint density at radius 1 is 1.36 bits per heavy atom. The number of piperidine rings is 1. The summed E-state index contributed by atoms with van der Waals surface area (Å²) in [5.74, 6) is 0.714. The molecule has 1 aliphatic rings. The molecule has 2 heterocycles. The van der Waals surface area contributed by atoms with Crippen LogP contribution in [0.3, 0.4) is 0 Å². The van der Waals surface area contributed by atoms with Crippen LogP contribution in [-0.4, -0.2) is 35.1 Å². The van der Waals surface area contributed by atoms with Crippen LogP contribution in [0.4, 0.5) is 10.7 Å². The number of hydrogen-bond donors (Lipinski definition) is 2. The third-order valence-electron chi connectivity index (χ3n) is 4.27. The summed E-state index contributed by atoms with van der Waals surface area (Å²) < 4.78 is 0. The van der Waals surface area contributed by atoms with Gasteiger partial charge >= 0.3 is 6.03 Å². The normalized spacial score (nSPS) is 17.2. The van der Waals surface area contributed by atoms with Gasteiger partial charge in [0.2, 0.25) is 5.95 Å². The average molecular weight is 360 g/mol. The van der Waals surface area contributed by atoms with Crippen LogP contribution < -0.4 is 15.5 Å². The minimum Gasteiger partial charge on any atom is -0.339 e. The molecular formula is C18H22ClN5O. The predicted molar refractivity (Wildman–Crippen MR) is 98.8 cm³/mol. The molecule has 6 nitrogen and oxygen atoms in total. The number of benzene rings is 1. The highest BCUT2D eigenvalue weighted by Crippen LogP contribution is 2.17. The van der Waals surface area contributed by atoms with E-state index >= 15 is 0 Å². The van der Waals surface area contributed by atoms with Crippen molar-refractivity contribution in [3.63, 3.8) is 0 Å². The lowest BCUT2D eigenvalue weighted by molar-refractivity contribution is 0.234. The first-order valence-electron chi connectivity index (χ1n) is 8.43. The zero-order valence-corrected chi connectivity index (χ0v) is 15.0. The van der Waals surface area contributed by atoms with Gasteiger partial charge in [-0.15, -0.1) is 0 Å². The number of anilines is 1. The third kappa shape index (κ3) is 4.82. The molecule has 0 saturated carbocycles. The second kappa shape index (κ2) is 8.16.